The van der Waals surface area contributed by atoms with Crippen molar-refractivity contribution in [2.45, 2.75) is 18.3 Å². The molecule has 0 spiro atoms. The largest absolute Gasteiger partial charge is 0.490 e. The molecule has 204 valence electrons. The summed E-state index contributed by atoms with van der Waals surface area (Å²) in [5.41, 5.74) is 4.70. The maximum atomic E-state index is 11.2. The van der Waals surface area contributed by atoms with E-state index < -0.39 is 11.9 Å². The predicted octanol–water partition coefficient (Wildman–Crippen LogP) is 6.40. The van der Waals surface area contributed by atoms with Gasteiger partial charge < -0.3 is 18.9 Å². The number of aryl methyl sites for hydroxylation is 1. The number of hydrogen-bond donors (Lipinski definition) is 0. The Morgan fingerprint density at radius 2 is 1.32 bits per heavy atom. The Labute approximate surface area is 237 Å². The van der Waals surface area contributed by atoms with E-state index in [0.717, 1.165) is 25.0 Å². The lowest BCUT2D eigenvalue weighted by molar-refractivity contribution is -0.139. The zero-order chi connectivity index (χ0) is 28.0. The second-order valence-electron chi connectivity index (χ2n) is 9.36. The summed E-state index contributed by atoms with van der Waals surface area (Å²) in [6.45, 7) is 7.63. The number of esters is 2. The van der Waals surface area contributed by atoms with Crippen molar-refractivity contribution in [3.8, 4) is 11.5 Å². The van der Waals surface area contributed by atoms with Crippen LogP contribution in [0, 0.1) is 0 Å². The van der Waals surface area contributed by atoms with Crippen molar-refractivity contribution in [2.75, 3.05) is 26.4 Å². The maximum Gasteiger partial charge on any atom is 0.330 e. The van der Waals surface area contributed by atoms with E-state index in [1.807, 2.05) is 24.3 Å². The lowest BCUT2D eigenvalue weighted by Crippen LogP contribution is -2.26. The van der Waals surface area contributed by atoms with Crippen LogP contribution in [0.1, 0.15) is 28.7 Å². The number of carbonyl (C=O) groups is 2. The van der Waals surface area contributed by atoms with E-state index in [4.69, 9.17) is 18.9 Å². The monoisotopic (exact) mass is 554 g/mol. The third-order valence-corrected chi connectivity index (χ3v) is 8.01. The van der Waals surface area contributed by atoms with Crippen LogP contribution in [0.15, 0.2) is 97.4 Å². The van der Waals surface area contributed by atoms with Gasteiger partial charge in [0.15, 0.2) is 0 Å². The third kappa shape index (κ3) is 5.65. The van der Waals surface area contributed by atoms with Crippen LogP contribution in [-0.4, -0.2) is 38.4 Å². The zero-order valence-corrected chi connectivity index (χ0v) is 22.9. The van der Waals surface area contributed by atoms with Crippen LogP contribution < -0.4 is 9.47 Å². The van der Waals surface area contributed by atoms with Gasteiger partial charge in [0.05, 0.1) is 0 Å². The first kappa shape index (κ1) is 27.2. The number of hydrogen-bond acceptors (Lipinski definition) is 7. The molecule has 3 aromatic carbocycles. The Hall–Kier alpha value is -4.36. The molecule has 0 aliphatic heterocycles. The van der Waals surface area contributed by atoms with E-state index in [1.54, 1.807) is 11.3 Å². The molecule has 1 aromatic heterocycles. The van der Waals surface area contributed by atoms with Crippen molar-refractivity contribution in [1.82, 2.24) is 0 Å². The Bertz CT molecular complexity index is 1450. The summed E-state index contributed by atoms with van der Waals surface area (Å²) in [6, 6.07) is 23.2. The van der Waals surface area contributed by atoms with Crippen LogP contribution in [0.3, 0.4) is 0 Å². The quantitative estimate of drug-likeness (QED) is 0.115. The van der Waals surface area contributed by atoms with Crippen LogP contribution in [-0.2, 0) is 30.9 Å². The zero-order valence-electron chi connectivity index (χ0n) is 22.1. The number of fused-ring (bicyclic) bond motifs is 2. The van der Waals surface area contributed by atoms with Crippen molar-refractivity contribution >= 4 is 33.4 Å². The Balaban J connectivity index is 1.41. The summed E-state index contributed by atoms with van der Waals surface area (Å²) in [7, 11) is 0. The second-order valence-corrected chi connectivity index (χ2v) is 10.3. The van der Waals surface area contributed by atoms with Gasteiger partial charge in [0, 0.05) is 22.3 Å². The molecule has 0 saturated carbocycles. The van der Waals surface area contributed by atoms with E-state index >= 15 is 0 Å². The summed E-state index contributed by atoms with van der Waals surface area (Å²) >= 11 is 1.75. The van der Waals surface area contributed by atoms with Gasteiger partial charge in [-0.15, -0.1) is 11.3 Å². The normalized spacial score (nSPS) is 13.3. The highest BCUT2D eigenvalue weighted by atomic mass is 32.1. The SMILES string of the molecule is C=CC(=O)OCCOc1ccc(C2(c3ccc(OCCOC(=O)C=C)cc3)CCc3cc4ccsc4cc32)cc1. The number of ether oxygens (including phenoxy) is 4. The fourth-order valence-corrected chi connectivity index (χ4v) is 6.09. The van der Waals surface area contributed by atoms with Crippen molar-refractivity contribution in [3.05, 3.63) is 120 Å². The summed E-state index contributed by atoms with van der Waals surface area (Å²) in [5, 5.41) is 3.42. The molecule has 0 unspecified atom stereocenters. The van der Waals surface area contributed by atoms with Gasteiger partial charge in [-0.3, -0.25) is 0 Å². The van der Waals surface area contributed by atoms with E-state index in [-0.39, 0.29) is 31.8 Å². The number of benzene rings is 3. The minimum absolute atomic E-state index is 0.159. The number of thiophene rings is 1. The fraction of sp³-hybridized carbons (Fsp3) is 0.212. The van der Waals surface area contributed by atoms with Crippen molar-refractivity contribution in [2.24, 2.45) is 0 Å². The van der Waals surface area contributed by atoms with Crippen LogP contribution in [0.2, 0.25) is 0 Å². The molecule has 0 saturated heterocycles. The first-order valence-electron chi connectivity index (χ1n) is 13.1. The predicted molar refractivity (Wildman–Crippen MR) is 156 cm³/mol. The minimum Gasteiger partial charge on any atom is -0.490 e. The topological polar surface area (TPSA) is 71.1 Å². The van der Waals surface area contributed by atoms with Gasteiger partial charge in [-0.25, -0.2) is 9.59 Å². The van der Waals surface area contributed by atoms with Gasteiger partial charge in [0.2, 0.25) is 0 Å². The highest BCUT2D eigenvalue weighted by molar-refractivity contribution is 7.17. The van der Waals surface area contributed by atoms with Gasteiger partial charge in [-0.1, -0.05) is 37.4 Å². The molecule has 0 fully saturated rings. The standard InChI is InChI=1S/C33H30O6S/c1-3-31(34)38-18-16-36-27-9-5-25(6-10-27)33(15-13-23-21-24-14-20-40-30(24)22-29(23)33)26-7-11-28(12-8-26)37-17-19-39-32(35)4-2/h3-12,14,20-22H,1-2,13,15-19H2. The van der Waals surface area contributed by atoms with Crippen LogP contribution in [0.5, 0.6) is 11.5 Å². The van der Waals surface area contributed by atoms with E-state index in [0.29, 0.717) is 11.5 Å². The third-order valence-electron chi connectivity index (χ3n) is 7.13. The molecule has 1 aliphatic carbocycles. The Morgan fingerprint density at radius 3 is 1.85 bits per heavy atom. The molecule has 7 heteroatoms. The Morgan fingerprint density at radius 1 is 0.775 bits per heavy atom. The first-order valence-corrected chi connectivity index (χ1v) is 14.0. The smallest absolute Gasteiger partial charge is 0.330 e. The molecule has 1 aliphatic rings. The maximum absolute atomic E-state index is 11.2. The van der Waals surface area contributed by atoms with Crippen molar-refractivity contribution < 1.29 is 28.5 Å². The summed E-state index contributed by atoms with van der Waals surface area (Å²) in [5.74, 6) is 0.490. The molecule has 6 nitrogen and oxygen atoms in total. The Kier molecular flexibility index (Phi) is 8.31. The molecule has 0 N–H and O–H groups in total. The molecule has 40 heavy (non-hydrogen) atoms. The molecule has 4 aromatic rings. The van der Waals surface area contributed by atoms with E-state index in [1.165, 1.54) is 32.3 Å². The van der Waals surface area contributed by atoms with Crippen LogP contribution >= 0.6 is 11.3 Å². The molecule has 5 rings (SSSR count). The van der Waals surface area contributed by atoms with E-state index in [2.05, 4.69) is 61.0 Å². The first-order chi connectivity index (χ1) is 19.5. The second kappa shape index (κ2) is 12.2. The number of carbonyl (C=O) groups excluding carboxylic acids is 2. The average Bonchev–Trinajstić information content (AvgIpc) is 3.61. The van der Waals surface area contributed by atoms with Crippen molar-refractivity contribution in [1.29, 1.82) is 0 Å². The van der Waals surface area contributed by atoms with Gasteiger partial charge >= 0.3 is 11.9 Å². The molecule has 0 radical (unpaired) electrons. The molecule has 0 amide bonds. The molecule has 0 bridgehead atoms. The lowest BCUT2D eigenvalue weighted by atomic mass is 9.70. The molecule has 1 heterocycles. The van der Waals surface area contributed by atoms with Gasteiger partial charge in [0.25, 0.3) is 0 Å². The summed E-state index contributed by atoms with van der Waals surface area (Å²) in [4.78, 5) is 22.5. The minimum atomic E-state index is -0.465. The van der Waals surface area contributed by atoms with Crippen LogP contribution in [0.4, 0.5) is 0 Å². The summed E-state index contributed by atoms with van der Waals surface area (Å²) < 4.78 is 22.9. The fourth-order valence-electron chi connectivity index (χ4n) is 5.28. The highest BCUT2D eigenvalue weighted by Gasteiger charge is 2.42. The molecule has 0 atom stereocenters. The molecular weight excluding hydrogens is 524 g/mol. The summed E-state index contributed by atoms with van der Waals surface area (Å²) in [6.07, 6.45) is 4.18. The van der Waals surface area contributed by atoms with Gasteiger partial charge in [-0.05, 0) is 88.3 Å². The molecular formula is C33H30O6S. The number of rotatable bonds is 12. The van der Waals surface area contributed by atoms with Crippen molar-refractivity contribution in [3.63, 3.8) is 0 Å². The van der Waals surface area contributed by atoms with E-state index in [9.17, 15) is 9.59 Å². The van der Waals surface area contributed by atoms with Gasteiger partial charge in [-0.2, -0.15) is 0 Å². The van der Waals surface area contributed by atoms with Crippen LogP contribution in [0.25, 0.3) is 10.1 Å². The van der Waals surface area contributed by atoms with Gasteiger partial charge in [0.1, 0.15) is 37.9 Å². The lowest BCUT2D eigenvalue weighted by Gasteiger charge is -2.32. The highest BCUT2D eigenvalue weighted by Crippen LogP contribution is 2.50. The average molecular weight is 555 g/mol.